The van der Waals surface area contributed by atoms with Gasteiger partial charge < -0.3 is 14.6 Å². The van der Waals surface area contributed by atoms with Crippen LogP contribution in [-0.4, -0.2) is 55.6 Å². The van der Waals surface area contributed by atoms with Crippen LogP contribution in [0.2, 0.25) is 0 Å². The third kappa shape index (κ3) is 7.40. The molecule has 202 valence electrons. The standard InChI is InChI=1S/C28H37NO7S/c1-4-6-7-8-9-21-10-12-22(13-11-21)24(5-2)28(32)36-25-15-14-23(18-20(25)3)37(33,34)29-16-17-35-26(19-29)27(30)31/h10-15,18,24,26H,4-9,16-17,19H2,1-3H3,(H,30,31). The lowest BCUT2D eigenvalue weighted by Gasteiger charge is -2.30. The van der Waals surface area contributed by atoms with Crippen molar-refractivity contribution < 1.29 is 32.6 Å². The van der Waals surface area contributed by atoms with Gasteiger partial charge in [-0.25, -0.2) is 13.2 Å². The van der Waals surface area contributed by atoms with Crippen molar-refractivity contribution in [3.05, 3.63) is 59.2 Å². The van der Waals surface area contributed by atoms with E-state index < -0.39 is 34.0 Å². The molecule has 0 saturated carbocycles. The molecule has 37 heavy (non-hydrogen) atoms. The Hall–Kier alpha value is -2.75. The minimum absolute atomic E-state index is 0.00309. The molecule has 0 bridgehead atoms. The van der Waals surface area contributed by atoms with Crippen molar-refractivity contribution in [3.8, 4) is 5.75 Å². The van der Waals surface area contributed by atoms with Crippen LogP contribution in [0.3, 0.4) is 0 Å². The molecule has 3 rings (SSSR count). The molecule has 1 N–H and O–H groups in total. The Kier molecular flexibility index (Phi) is 10.3. The minimum Gasteiger partial charge on any atom is -0.479 e. The summed E-state index contributed by atoms with van der Waals surface area (Å²) in [6.45, 7) is 5.61. The molecule has 0 aliphatic carbocycles. The third-order valence-corrected chi connectivity index (χ3v) is 8.55. The van der Waals surface area contributed by atoms with E-state index in [9.17, 15) is 23.1 Å². The van der Waals surface area contributed by atoms with E-state index in [4.69, 9.17) is 9.47 Å². The molecule has 9 heteroatoms. The van der Waals surface area contributed by atoms with E-state index in [0.29, 0.717) is 17.7 Å². The van der Waals surface area contributed by atoms with Crippen molar-refractivity contribution in [3.63, 3.8) is 0 Å². The Bertz CT molecular complexity index is 1180. The Labute approximate surface area is 219 Å². The number of carbonyl (C=O) groups is 2. The number of nitrogens with zero attached hydrogens (tertiary/aromatic N) is 1. The highest BCUT2D eigenvalue weighted by molar-refractivity contribution is 7.89. The molecule has 1 aliphatic rings. The number of hydrogen-bond acceptors (Lipinski definition) is 6. The number of esters is 1. The normalized spacial score (nSPS) is 17.3. The number of unbranched alkanes of at least 4 members (excludes halogenated alkanes) is 3. The SMILES string of the molecule is CCCCCCc1ccc(C(CC)C(=O)Oc2ccc(S(=O)(=O)N3CCOC(C(=O)O)C3)cc2C)cc1. The first-order chi connectivity index (χ1) is 17.7. The molecule has 2 aromatic rings. The number of carbonyl (C=O) groups excluding carboxylic acids is 1. The Balaban J connectivity index is 1.68. The van der Waals surface area contributed by atoms with Crippen molar-refractivity contribution in [1.29, 1.82) is 0 Å². The second-order valence-corrected chi connectivity index (χ2v) is 11.4. The summed E-state index contributed by atoms with van der Waals surface area (Å²) in [5.74, 6) is -1.74. The topological polar surface area (TPSA) is 110 Å². The summed E-state index contributed by atoms with van der Waals surface area (Å²) in [4.78, 5) is 24.3. The van der Waals surface area contributed by atoms with E-state index in [1.807, 2.05) is 19.1 Å². The maximum Gasteiger partial charge on any atom is 0.334 e. The average Bonchev–Trinajstić information content (AvgIpc) is 2.89. The smallest absolute Gasteiger partial charge is 0.334 e. The van der Waals surface area contributed by atoms with Crippen molar-refractivity contribution in [2.75, 3.05) is 19.7 Å². The van der Waals surface area contributed by atoms with Gasteiger partial charge in [0, 0.05) is 6.54 Å². The maximum atomic E-state index is 13.1. The molecule has 0 aromatic heterocycles. The van der Waals surface area contributed by atoms with Gasteiger partial charge in [0.2, 0.25) is 10.0 Å². The number of hydrogen-bond donors (Lipinski definition) is 1. The zero-order valence-corrected chi connectivity index (χ0v) is 22.6. The zero-order valence-electron chi connectivity index (χ0n) is 21.8. The predicted octanol–water partition coefficient (Wildman–Crippen LogP) is 4.69. The number of carboxylic acids is 1. The van der Waals surface area contributed by atoms with Crippen LogP contribution in [0.25, 0.3) is 0 Å². The Morgan fingerprint density at radius 3 is 2.46 bits per heavy atom. The lowest BCUT2D eigenvalue weighted by atomic mass is 9.94. The zero-order chi connectivity index (χ0) is 27.0. The quantitative estimate of drug-likeness (QED) is 0.240. The summed E-state index contributed by atoms with van der Waals surface area (Å²) >= 11 is 0. The highest BCUT2D eigenvalue weighted by Crippen LogP contribution is 2.28. The Morgan fingerprint density at radius 1 is 1.11 bits per heavy atom. The van der Waals surface area contributed by atoms with E-state index in [2.05, 4.69) is 19.1 Å². The van der Waals surface area contributed by atoms with Crippen molar-refractivity contribution in [1.82, 2.24) is 4.31 Å². The number of benzene rings is 2. The van der Waals surface area contributed by atoms with Crippen LogP contribution < -0.4 is 4.74 Å². The molecule has 2 atom stereocenters. The van der Waals surface area contributed by atoms with Gasteiger partial charge in [-0.2, -0.15) is 4.31 Å². The fourth-order valence-corrected chi connectivity index (χ4v) is 5.94. The summed E-state index contributed by atoms with van der Waals surface area (Å²) in [5.41, 5.74) is 2.64. The summed E-state index contributed by atoms with van der Waals surface area (Å²) in [6, 6.07) is 12.4. The summed E-state index contributed by atoms with van der Waals surface area (Å²) < 4.78 is 38.1. The Morgan fingerprint density at radius 2 is 1.84 bits per heavy atom. The summed E-state index contributed by atoms with van der Waals surface area (Å²) in [5, 5.41) is 9.18. The first kappa shape index (κ1) is 28.8. The molecule has 1 saturated heterocycles. The number of aliphatic carboxylic acids is 1. The van der Waals surface area contributed by atoms with Gasteiger partial charge in [-0.15, -0.1) is 0 Å². The number of ether oxygens (including phenoxy) is 2. The van der Waals surface area contributed by atoms with Gasteiger partial charge in [0.25, 0.3) is 0 Å². The second-order valence-electron chi connectivity index (χ2n) is 9.42. The molecule has 1 aliphatic heterocycles. The van der Waals surface area contributed by atoms with Gasteiger partial charge in [0.1, 0.15) is 5.75 Å². The van der Waals surface area contributed by atoms with Crippen LogP contribution in [0.1, 0.15) is 68.6 Å². The average molecular weight is 532 g/mol. The van der Waals surface area contributed by atoms with Crippen LogP contribution in [0, 0.1) is 6.92 Å². The van der Waals surface area contributed by atoms with Gasteiger partial charge in [-0.3, -0.25) is 4.79 Å². The van der Waals surface area contributed by atoms with E-state index in [0.717, 1.165) is 22.7 Å². The molecule has 1 heterocycles. The highest BCUT2D eigenvalue weighted by Gasteiger charge is 2.34. The van der Waals surface area contributed by atoms with Gasteiger partial charge >= 0.3 is 11.9 Å². The number of morpholine rings is 1. The minimum atomic E-state index is -3.93. The summed E-state index contributed by atoms with van der Waals surface area (Å²) in [6.07, 6.45) is 5.22. The lowest BCUT2D eigenvalue weighted by Crippen LogP contribution is -2.48. The molecule has 8 nitrogen and oxygen atoms in total. The fourth-order valence-electron chi connectivity index (χ4n) is 4.43. The van der Waals surface area contributed by atoms with Gasteiger partial charge in [-0.05, 0) is 61.1 Å². The summed E-state index contributed by atoms with van der Waals surface area (Å²) in [7, 11) is -3.93. The first-order valence-corrected chi connectivity index (χ1v) is 14.4. The van der Waals surface area contributed by atoms with Gasteiger partial charge in [-0.1, -0.05) is 57.4 Å². The number of sulfonamides is 1. The number of rotatable bonds is 12. The number of aryl methyl sites for hydroxylation is 2. The van der Waals surface area contributed by atoms with E-state index in [1.165, 1.54) is 43.0 Å². The molecule has 2 aromatic carbocycles. The lowest BCUT2D eigenvalue weighted by molar-refractivity contribution is -0.153. The van der Waals surface area contributed by atoms with Crippen molar-refractivity contribution in [2.24, 2.45) is 0 Å². The predicted molar refractivity (Wildman–Crippen MR) is 140 cm³/mol. The van der Waals surface area contributed by atoms with Gasteiger partial charge in [0.05, 0.1) is 24.0 Å². The molecule has 0 radical (unpaired) electrons. The van der Waals surface area contributed by atoms with Crippen LogP contribution in [0.4, 0.5) is 0 Å². The van der Waals surface area contributed by atoms with Crippen molar-refractivity contribution in [2.45, 2.75) is 76.2 Å². The first-order valence-electron chi connectivity index (χ1n) is 12.9. The maximum absolute atomic E-state index is 13.1. The fraction of sp³-hybridized carbons (Fsp3) is 0.500. The van der Waals surface area contributed by atoms with Crippen molar-refractivity contribution >= 4 is 22.0 Å². The molecule has 0 amide bonds. The molecule has 0 spiro atoms. The van der Waals surface area contributed by atoms with Crippen LogP contribution in [0.15, 0.2) is 47.4 Å². The molecule has 2 unspecified atom stereocenters. The monoisotopic (exact) mass is 531 g/mol. The van der Waals surface area contributed by atoms with Crippen LogP contribution >= 0.6 is 0 Å². The van der Waals surface area contributed by atoms with E-state index in [-0.39, 0.29) is 24.6 Å². The molecule has 1 fully saturated rings. The second kappa shape index (κ2) is 13.2. The third-order valence-electron chi connectivity index (χ3n) is 6.69. The van der Waals surface area contributed by atoms with Crippen LogP contribution in [0.5, 0.6) is 5.75 Å². The molecular weight excluding hydrogens is 494 g/mol. The highest BCUT2D eigenvalue weighted by atomic mass is 32.2. The van der Waals surface area contributed by atoms with E-state index >= 15 is 0 Å². The number of carboxylic acid groups (broad SMARTS) is 1. The van der Waals surface area contributed by atoms with Gasteiger partial charge in [0.15, 0.2) is 6.10 Å². The van der Waals surface area contributed by atoms with E-state index in [1.54, 1.807) is 6.92 Å². The van der Waals surface area contributed by atoms with Crippen LogP contribution in [-0.2, 0) is 30.8 Å². The largest absolute Gasteiger partial charge is 0.479 e. The molecular formula is C28H37NO7S.